The molecule has 1 aromatic rings. The van der Waals surface area contributed by atoms with Crippen LogP contribution in [0, 0.1) is 0 Å². The maximum absolute atomic E-state index is 11.0. The number of carboxylic acids is 1. The second-order valence-electron chi connectivity index (χ2n) is 3.70. The van der Waals surface area contributed by atoms with Gasteiger partial charge in [0.25, 0.3) is 0 Å². The van der Waals surface area contributed by atoms with Crippen molar-refractivity contribution in [2.24, 2.45) is 0 Å². The van der Waals surface area contributed by atoms with Gasteiger partial charge in [-0.3, -0.25) is 0 Å². The van der Waals surface area contributed by atoms with Gasteiger partial charge in [0.1, 0.15) is 5.56 Å². The third kappa shape index (κ3) is 3.52. The SMILES string of the molecule is C=C(C)CCOc1c(OC)cccc1C(=O)O. The van der Waals surface area contributed by atoms with Crippen molar-refractivity contribution in [1.82, 2.24) is 0 Å². The molecule has 92 valence electrons. The van der Waals surface area contributed by atoms with E-state index < -0.39 is 5.97 Å². The number of aromatic carboxylic acids is 1. The van der Waals surface area contributed by atoms with E-state index in [1.165, 1.54) is 13.2 Å². The number of para-hydroxylation sites is 1. The third-order valence-corrected chi connectivity index (χ3v) is 2.20. The lowest BCUT2D eigenvalue weighted by Gasteiger charge is -2.12. The summed E-state index contributed by atoms with van der Waals surface area (Å²) in [5.74, 6) is -0.343. The van der Waals surface area contributed by atoms with Crippen LogP contribution in [0.5, 0.6) is 11.5 Å². The molecule has 4 heteroatoms. The van der Waals surface area contributed by atoms with E-state index in [-0.39, 0.29) is 11.3 Å². The van der Waals surface area contributed by atoms with E-state index in [9.17, 15) is 4.79 Å². The van der Waals surface area contributed by atoms with Crippen molar-refractivity contribution in [3.63, 3.8) is 0 Å². The van der Waals surface area contributed by atoms with E-state index in [0.29, 0.717) is 18.8 Å². The summed E-state index contributed by atoms with van der Waals surface area (Å²) in [6, 6.07) is 4.78. The van der Waals surface area contributed by atoms with Crippen molar-refractivity contribution >= 4 is 5.97 Å². The summed E-state index contributed by atoms with van der Waals surface area (Å²) in [5.41, 5.74) is 1.09. The molecular weight excluding hydrogens is 220 g/mol. The van der Waals surface area contributed by atoms with E-state index in [0.717, 1.165) is 5.57 Å². The Kier molecular flexibility index (Phi) is 4.57. The summed E-state index contributed by atoms with van der Waals surface area (Å²) in [6.07, 6.45) is 0.678. The maximum Gasteiger partial charge on any atom is 0.339 e. The Morgan fingerprint density at radius 2 is 2.18 bits per heavy atom. The van der Waals surface area contributed by atoms with Crippen LogP contribution in [0.4, 0.5) is 0 Å². The van der Waals surface area contributed by atoms with Gasteiger partial charge in [-0.1, -0.05) is 11.6 Å². The number of carbonyl (C=O) groups is 1. The Morgan fingerprint density at radius 3 is 2.71 bits per heavy atom. The highest BCUT2D eigenvalue weighted by Gasteiger charge is 2.15. The Bertz CT molecular complexity index is 423. The molecule has 0 amide bonds. The van der Waals surface area contributed by atoms with Crippen LogP contribution < -0.4 is 9.47 Å². The van der Waals surface area contributed by atoms with Crippen LogP contribution in [0.1, 0.15) is 23.7 Å². The number of ether oxygens (including phenoxy) is 2. The highest BCUT2D eigenvalue weighted by atomic mass is 16.5. The van der Waals surface area contributed by atoms with Gasteiger partial charge >= 0.3 is 5.97 Å². The molecule has 0 fully saturated rings. The van der Waals surface area contributed by atoms with Crippen molar-refractivity contribution in [2.75, 3.05) is 13.7 Å². The quantitative estimate of drug-likeness (QED) is 0.771. The van der Waals surface area contributed by atoms with E-state index in [1.54, 1.807) is 12.1 Å². The van der Waals surface area contributed by atoms with E-state index >= 15 is 0 Å². The summed E-state index contributed by atoms with van der Waals surface area (Å²) in [4.78, 5) is 11.0. The van der Waals surface area contributed by atoms with Gasteiger partial charge in [0.2, 0.25) is 0 Å². The number of carboxylic acid groups (broad SMARTS) is 1. The smallest absolute Gasteiger partial charge is 0.339 e. The van der Waals surface area contributed by atoms with Gasteiger partial charge in [0.05, 0.1) is 13.7 Å². The Hall–Kier alpha value is -1.97. The molecule has 1 aromatic carbocycles. The molecular formula is C13H16O4. The second kappa shape index (κ2) is 5.94. The largest absolute Gasteiger partial charge is 0.493 e. The first-order valence-electron chi connectivity index (χ1n) is 5.23. The minimum Gasteiger partial charge on any atom is -0.493 e. The molecule has 0 saturated carbocycles. The molecule has 0 aliphatic heterocycles. The predicted molar refractivity (Wildman–Crippen MR) is 64.9 cm³/mol. The Balaban J connectivity index is 2.93. The van der Waals surface area contributed by atoms with Crippen LogP contribution in [0.15, 0.2) is 30.4 Å². The molecule has 1 rings (SSSR count). The summed E-state index contributed by atoms with van der Waals surface area (Å²) in [5, 5.41) is 9.04. The Labute approximate surface area is 100 Å². The number of hydrogen-bond acceptors (Lipinski definition) is 3. The fourth-order valence-electron chi connectivity index (χ4n) is 1.32. The molecule has 0 unspecified atom stereocenters. The van der Waals surface area contributed by atoms with Crippen LogP contribution in [0.3, 0.4) is 0 Å². The number of hydrogen-bond donors (Lipinski definition) is 1. The van der Waals surface area contributed by atoms with E-state index in [1.807, 2.05) is 6.92 Å². The van der Waals surface area contributed by atoms with Crippen molar-refractivity contribution in [2.45, 2.75) is 13.3 Å². The lowest BCUT2D eigenvalue weighted by molar-refractivity contribution is 0.0691. The van der Waals surface area contributed by atoms with Crippen LogP contribution in [0.25, 0.3) is 0 Å². The molecule has 1 N–H and O–H groups in total. The van der Waals surface area contributed by atoms with Gasteiger partial charge < -0.3 is 14.6 Å². The first kappa shape index (κ1) is 13.1. The number of rotatable bonds is 6. The predicted octanol–water partition coefficient (Wildman–Crippen LogP) is 2.74. The monoisotopic (exact) mass is 236 g/mol. The van der Waals surface area contributed by atoms with Gasteiger partial charge in [-0.05, 0) is 19.1 Å². The Morgan fingerprint density at radius 1 is 1.47 bits per heavy atom. The zero-order chi connectivity index (χ0) is 12.8. The average Bonchev–Trinajstić information content (AvgIpc) is 2.28. The van der Waals surface area contributed by atoms with E-state index in [4.69, 9.17) is 14.6 Å². The highest BCUT2D eigenvalue weighted by Crippen LogP contribution is 2.31. The minimum absolute atomic E-state index is 0.103. The number of methoxy groups -OCH3 is 1. The minimum atomic E-state index is -1.03. The number of benzene rings is 1. The molecule has 0 radical (unpaired) electrons. The average molecular weight is 236 g/mol. The third-order valence-electron chi connectivity index (χ3n) is 2.20. The lowest BCUT2D eigenvalue weighted by atomic mass is 10.2. The van der Waals surface area contributed by atoms with Gasteiger partial charge in [0, 0.05) is 6.42 Å². The summed E-state index contributed by atoms with van der Waals surface area (Å²) in [6.45, 7) is 6.04. The molecule has 0 heterocycles. The summed E-state index contributed by atoms with van der Waals surface area (Å²) < 4.78 is 10.5. The fraction of sp³-hybridized carbons (Fsp3) is 0.308. The topological polar surface area (TPSA) is 55.8 Å². The molecule has 17 heavy (non-hydrogen) atoms. The zero-order valence-corrected chi connectivity index (χ0v) is 10.0. The molecule has 0 saturated heterocycles. The normalized spacial score (nSPS) is 9.76. The summed E-state index contributed by atoms with van der Waals surface area (Å²) in [7, 11) is 1.48. The van der Waals surface area contributed by atoms with Gasteiger partial charge in [0.15, 0.2) is 11.5 Å². The van der Waals surface area contributed by atoms with Crippen molar-refractivity contribution in [1.29, 1.82) is 0 Å². The molecule has 0 bridgehead atoms. The van der Waals surface area contributed by atoms with Gasteiger partial charge in [-0.2, -0.15) is 0 Å². The highest BCUT2D eigenvalue weighted by molar-refractivity contribution is 5.92. The zero-order valence-electron chi connectivity index (χ0n) is 10.0. The molecule has 0 atom stereocenters. The molecule has 0 spiro atoms. The molecule has 0 aliphatic rings. The first-order valence-corrected chi connectivity index (χ1v) is 5.23. The standard InChI is InChI=1S/C13H16O4/c1-9(2)7-8-17-12-10(13(14)15)5-4-6-11(12)16-3/h4-6H,1,7-8H2,2-3H3,(H,14,15). The van der Waals surface area contributed by atoms with Crippen LogP contribution in [0.2, 0.25) is 0 Å². The van der Waals surface area contributed by atoms with Crippen molar-refractivity contribution in [3.8, 4) is 11.5 Å². The van der Waals surface area contributed by atoms with Gasteiger partial charge in [-0.15, -0.1) is 6.58 Å². The van der Waals surface area contributed by atoms with Crippen molar-refractivity contribution in [3.05, 3.63) is 35.9 Å². The molecule has 0 aromatic heterocycles. The molecule has 4 nitrogen and oxygen atoms in total. The molecule has 0 aliphatic carbocycles. The van der Waals surface area contributed by atoms with Crippen molar-refractivity contribution < 1.29 is 19.4 Å². The van der Waals surface area contributed by atoms with Crippen LogP contribution in [-0.2, 0) is 0 Å². The second-order valence-corrected chi connectivity index (χ2v) is 3.70. The fourth-order valence-corrected chi connectivity index (χ4v) is 1.32. The van der Waals surface area contributed by atoms with Crippen LogP contribution in [-0.4, -0.2) is 24.8 Å². The first-order chi connectivity index (χ1) is 8.06. The van der Waals surface area contributed by atoms with Gasteiger partial charge in [-0.25, -0.2) is 4.79 Å². The lowest BCUT2D eigenvalue weighted by Crippen LogP contribution is -2.06. The van der Waals surface area contributed by atoms with Crippen LogP contribution >= 0.6 is 0 Å². The van der Waals surface area contributed by atoms with E-state index in [2.05, 4.69) is 6.58 Å². The maximum atomic E-state index is 11.0. The summed E-state index contributed by atoms with van der Waals surface area (Å²) >= 11 is 0.